The van der Waals surface area contributed by atoms with E-state index in [0.29, 0.717) is 39.1 Å². The summed E-state index contributed by atoms with van der Waals surface area (Å²) in [7, 11) is 3.19. The molecule has 0 saturated heterocycles. The van der Waals surface area contributed by atoms with Crippen molar-refractivity contribution in [3.8, 4) is 11.5 Å². The van der Waals surface area contributed by atoms with Crippen molar-refractivity contribution in [1.29, 1.82) is 0 Å². The number of aromatic hydroxyl groups is 1. The topological polar surface area (TPSA) is 167 Å². The van der Waals surface area contributed by atoms with Crippen molar-refractivity contribution in [3.05, 3.63) is 162 Å². The molecule has 5 aromatic rings. The first-order valence-electron chi connectivity index (χ1n) is 24.3. The zero-order chi connectivity index (χ0) is 52.7. The van der Waals surface area contributed by atoms with Gasteiger partial charge in [-0.05, 0) is 82.2 Å². The molecule has 2 amide bonds. The number of amides is 2. The van der Waals surface area contributed by atoms with Crippen molar-refractivity contribution in [3.63, 3.8) is 0 Å². The lowest BCUT2D eigenvalue weighted by Crippen LogP contribution is -2.52. The smallest absolute Gasteiger partial charge is 0.274 e. The Hall–Kier alpha value is -6.63. The molecule has 14 nitrogen and oxygen atoms in total. The van der Waals surface area contributed by atoms with Crippen molar-refractivity contribution >= 4 is 35.8 Å². The normalized spacial score (nSPS) is 20.3. The minimum atomic E-state index is -0.927. The molecular formula is C55H59ClF4N4O10. The molecule has 0 bridgehead atoms. The summed E-state index contributed by atoms with van der Waals surface area (Å²) in [6.45, 7) is 9.27. The third-order valence-electron chi connectivity index (χ3n) is 14.6. The Morgan fingerprint density at radius 2 is 1.11 bits per heavy atom. The van der Waals surface area contributed by atoms with Crippen molar-refractivity contribution in [1.82, 2.24) is 18.9 Å². The van der Waals surface area contributed by atoms with E-state index in [0.717, 1.165) is 29.8 Å². The quantitative estimate of drug-likeness (QED) is 0.0712. The van der Waals surface area contributed by atoms with Gasteiger partial charge < -0.3 is 38.3 Å². The number of hydrogen-bond acceptors (Lipinski definition) is 10. The minimum absolute atomic E-state index is 0. The molecule has 2 aliphatic carbocycles. The number of carbonyl (C=O) groups is 4. The molecule has 2 aromatic heterocycles. The second kappa shape index (κ2) is 22.1. The van der Waals surface area contributed by atoms with Gasteiger partial charge in [0.25, 0.3) is 11.8 Å². The molecule has 1 N–H and O–H groups in total. The summed E-state index contributed by atoms with van der Waals surface area (Å²) in [4.78, 5) is 83.2. The van der Waals surface area contributed by atoms with E-state index < -0.39 is 68.4 Å². The summed E-state index contributed by atoms with van der Waals surface area (Å²) in [5.74, 6) is -5.66. The summed E-state index contributed by atoms with van der Waals surface area (Å²) < 4.78 is 74.7. The number of Topliss-reactive ketones (excluding diaryl/α,β-unsaturated/α-hetero) is 2. The Bertz CT molecular complexity index is 3110. The van der Waals surface area contributed by atoms with E-state index in [1.54, 1.807) is 33.2 Å². The number of pyridine rings is 2. The van der Waals surface area contributed by atoms with E-state index in [-0.39, 0.29) is 114 Å². The average molecular weight is 1050 g/mol. The number of nitrogens with zero attached hydrogens (tertiary/aromatic N) is 4. The number of methoxy groups -OCH3 is 2. The van der Waals surface area contributed by atoms with Gasteiger partial charge in [-0.3, -0.25) is 28.8 Å². The standard InChI is InChI=1S/C31H32F2N2O5.C24H26F2N2O5.ClH/c1-19(2)34-18-31(14-22(31)17-39-3)35-15-24(26(36)12-10-21-9-11-23(32)13-25(21)33)28(37)29(27(35)30(34)38)40-16-20-7-5-4-6-8-20;1-13(2)27-12-24(9-15(24)11-33-3)28-10-17(21(30)22(31)20(28)23(27)32)19(29)7-5-14-4-6-16(25)8-18(14)26;/h4-9,11,13,15,19,22H,10,12,14,16-18H2,1-3H3;4,6,8,10,13,15,31H,5,7,9,11-12H2,1-3H3;1H/t22-,31-;15-,24-;/m00./s1. The highest BCUT2D eigenvalue weighted by atomic mass is 35.5. The van der Waals surface area contributed by atoms with Gasteiger partial charge in [-0.15, -0.1) is 12.4 Å². The predicted octanol–water partition coefficient (Wildman–Crippen LogP) is 8.04. The van der Waals surface area contributed by atoms with Gasteiger partial charge in [0.1, 0.15) is 29.9 Å². The number of carbonyl (C=O) groups excluding carboxylic acids is 4. The molecule has 4 heterocycles. The van der Waals surface area contributed by atoms with Crippen LogP contribution in [0, 0.1) is 35.1 Å². The molecule has 0 unspecified atom stereocenters. The maximum absolute atomic E-state index is 14.2. The third-order valence-corrected chi connectivity index (χ3v) is 14.6. The van der Waals surface area contributed by atoms with Crippen LogP contribution in [0.1, 0.15) is 112 Å². The zero-order valence-electron chi connectivity index (χ0n) is 41.9. The van der Waals surface area contributed by atoms with Crippen LogP contribution in [0.5, 0.6) is 11.5 Å². The van der Waals surface area contributed by atoms with Crippen LogP contribution >= 0.6 is 12.4 Å². The fourth-order valence-corrected chi connectivity index (χ4v) is 10.3. The summed E-state index contributed by atoms with van der Waals surface area (Å²) >= 11 is 0. The average Bonchev–Trinajstić information content (AvgIpc) is 4.25. The lowest BCUT2D eigenvalue weighted by molar-refractivity contribution is 0.0535. The van der Waals surface area contributed by atoms with Crippen LogP contribution in [0.3, 0.4) is 0 Å². The fraction of sp³-hybridized carbons (Fsp3) is 0.418. The number of benzene rings is 3. The van der Waals surface area contributed by atoms with Gasteiger partial charge in [0.05, 0.1) is 35.4 Å². The molecule has 0 radical (unpaired) electrons. The molecule has 2 aliphatic heterocycles. The van der Waals surface area contributed by atoms with Crippen LogP contribution < -0.4 is 15.6 Å². The molecule has 4 atom stereocenters. The highest BCUT2D eigenvalue weighted by Gasteiger charge is 2.62. The first-order valence-corrected chi connectivity index (χ1v) is 24.3. The van der Waals surface area contributed by atoms with Crippen LogP contribution in [-0.4, -0.2) is 100 Å². The molecule has 3 aromatic carbocycles. The summed E-state index contributed by atoms with van der Waals surface area (Å²) in [6, 6.07) is 15.2. The lowest BCUT2D eigenvalue weighted by Gasteiger charge is -2.40. The largest absolute Gasteiger partial charge is 0.503 e. The molecule has 2 saturated carbocycles. The van der Waals surface area contributed by atoms with Gasteiger partial charge in [-0.25, -0.2) is 17.6 Å². The van der Waals surface area contributed by atoms with Gasteiger partial charge in [0.2, 0.25) is 10.9 Å². The summed E-state index contributed by atoms with van der Waals surface area (Å²) in [5.41, 5.74) is -1.98. The molecule has 4 aliphatic rings. The molecule has 2 spiro atoms. The maximum Gasteiger partial charge on any atom is 0.274 e. The van der Waals surface area contributed by atoms with Crippen molar-refractivity contribution in [2.24, 2.45) is 11.8 Å². The van der Waals surface area contributed by atoms with E-state index >= 15 is 0 Å². The number of rotatable bonds is 17. The number of ether oxygens (including phenoxy) is 3. The van der Waals surface area contributed by atoms with Crippen molar-refractivity contribution in [2.75, 3.05) is 40.5 Å². The first kappa shape index (κ1) is 55.1. The van der Waals surface area contributed by atoms with Crippen LogP contribution in [0.15, 0.2) is 88.7 Å². The number of hydrogen-bond donors (Lipinski definition) is 1. The van der Waals surface area contributed by atoms with E-state index in [1.165, 1.54) is 24.5 Å². The lowest BCUT2D eigenvalue weighted by atomic mass is 9.99. The Labute approximate surface area is 431 Å². The predicted molar refractivity (Wildman–Crippen MR) is 267 cm³/mol. The summed E-state index contributed by atoms with van der Waals surface area (Å²) in [6.07, 6.45) is 3.77. The fourth-order valence-electron chi connectivity index (χ4n) is 10.3. The third kappa shape index (κ3) is 10.5. The molecule has 74 heavy (non-hydrogen) atoms. The molecule has 394 valence electrons. The minimum Gasteiger partial charge on any atom is -0.503 e. The SMILES string of the molecule is COC[C@@H]1C[C@]12CN(C(C)C)C(=O)c1c(O)c(=O)c(C(=O)CCc3ccc(F)cc3F)cn12.COC[C@@H]1C[C@]12CN(C(C)C)C(=O)c1c(OCc3ccccc3)c(=O)c(C(=O)CCc3ccc(F)cc3F)cn12.Cl. The van der Waals surface area contributed by atoms with Crippen LogP contribution in [-0.2, 0) is 40.0 Å². The maximum atomic E-state index is 14.2. The van der Waals surface area contributed by atoms with Gasteiger partial charge >= 0.3 is 0 Å². The van der Waals surface area contributed by atoms with Gasteiger partial charge in [0, 0.05) is 88.6 Å². The van der Waals surface area contributed by atoms with Gasteiger partial charge in [0.15, 0.2) is 34.5 Å². The number of ketones is 2. The Balaban J connectivity index is 0.000000217. The molecule has 19 heteroatoms. The van der Waals surface area contributed by atoms with Crippen LogP contribution in [0.2, 0.25) is 0 Å². The van der Waals surface area contributed by atoms with Crippen molar-refractivity contribution < 1.29 is 56.1 Å². The number of aromatic nitrogens is 2. The molecule has 2 fully saturated rings. The van der Waals surface area contributed by atoms with E-state index in [2.05, 4.69) is 0 Å². The Morgan fingerprint density at radius 3 is 1.55 bits per heavy atom. The molecule has 9 rings (SSSR count). The number of fused-ring (bicyclic) bond motifs is 4. The van der Waals surface area contributed by atoms with Gasteiger partial charge in [-0.1, -0.05) is 42.5 Å². The highest BCUT2D eigenvalue weighted by Crippen LogP contribution is 2.55. The van der Waals surface area contributed by atoms with E-state index in [4.69, 9.17) is 14.2 Å². The number of halogens is 5. The van der Waals surface area contributed by atoms with Crippen molar-refractivity contribution in [2.45, 2.75) is 96.0 Å². The Kier molecular flexibility index (Phi) is 16.4. The summed E-state index contributed by atoms with van der Waals surface area (Å²) in [5, 5.41) is 10.7. The van der Waals surface area contributed by atoms with E-state index in [1.807, 2.05) is 58.0 Å². The molecular weight excluding hydrogens is 988 g/mol. The van der Waals surface area contributed by atoms with Gasteiger partial charge in [-0.2, -0.15) is 0 Å². The zero-order valence-corrected chi connectivity index (χ0v) is 42.7. The number of aryl methyl sites for hydroxylation is 2. The van der Waals surface area contributed by atoms with Crippen LogP contribution in [0.25, 0.3) is 0 Å². The second-order valence-corrected chi connectivity index (χ2v) is 19.9. The monoisotopic (exact) mass is 1050 g/mol. The second-order valence-electron chi connectivity index (χ2n) is 19.9. The highest BCUT2D eigenvalue weighted by molar-refractivity contribution is 6.01. The first-order chi connectivity index (χ1) is 34.8. The van der Waals surface area contributed by atoms with Crippen LogP contribution in [0.4, 0.5) is 17.6 Å². The Morgan fingerprint density at radius 1 is 0.662 bits per heavy atom. The van der Waals surface area contributed by atoms with E-state index in [9.17, 15) is 51.4 Å².